The van der Waals surface area contributed by atoms with E-state index in [1.165, 1.54) is 13.0 Å². The fraction of sp³-hybridized carbons (Fsp3) is 0.375. The molecule has 0 aromatic heterocycles. The molecule has 1 heterocycles. The Labute approximate surface area is 162 Å². The van der Waals surface area contributed by atoms with Crippen LogP contribution in [0.4, 0.5) is 22.0 Å². The van der Waals surface area contributed by atoms with Crippen molar-refractivity contribution in [2.24, 2.45) is 0 Å². The maximum absolute atomic E-state index is 12.9. The molecular formula is C16H15ClF5NO4S. The Balaban J connectivity index is 2.30. The molecule has 0 spiro atoms. The Morgan fingerprint density at radius 2 is 1.86 bits per heavy atom. The topological polar surface area (TPSA) is 66.8 Å². The van der Waals surface area contributed by atoms with E-state index in [2.05, 4.69) is 4.74 Å². The van der Waals surface area contributed by atoms with Crippen molar-refractivity contribution in [3.8, 4) is 0 Å². The van der Waals surface area contributed by atoms with Gasteiger partial charge in [0.05, 0.1) is 27.6 Å². The van der Waals surface area contributed by atoms with Crippen molar-refractivity contribution in [1.29, 1.82) is 0 Å². The molecule has 1 aliphatic carbocycles. The molecule has 0 saturated carbocycles. The number of nitrogens with zero attached hydrogens (tertiary/aromatic N) is 1. The zero-order valence-electron chi connectivity index (χ0n) is 14.3. The summed E-state index contributed by atoms with van der Waals surface area (Å²) in [4.78, 5) is -0.195. The summed E-state index contributed by atoms with van der Waals surface area (Å²) in [7, 11) is -3.76. The van der Waals surface area contributed by atoms with E-state index in [1.54, 1.807) is 6.08 Å². The molecule has 0 fully saturated rings. The molecule has 0 aromatic rings. The minimum Gasteiger partial charge on any atom is -0.485 e. The molecule has 28 heavy (non-hydrogen) atoms. The fourth-order valence-electron chi connectivity index (χ4n) is 2.34. The van der Waals surface area contributed by atoms with Gasteiger partial charge in [0, 0.05) is 5.57 Å². The summed E-state index contributed by atoms with van der Waals surface area (Å²) in [6.45, 7) is -0.566. The highest BCUT2D eigenvalue weighted by molar-refractivity contribution is 7.95. The van der Waals surface area contributed by atoms with Crippen LogP contribution in [0, 0.1) is 0 Å². The van der Waals surface area contributed by atoms with E-state index in [4.69, 9.17) is 11.6 Å². The highest BCUT2D eigenvalue weighted by Crippen LogP contribution is 2.38. The van der Waals surface area contributed by atoms with Crippen molar-refractivity contribution in [2.45, 2.75) is 25.4 Å². The first-order valence-corrected chi connectivity index (χ1v) is 9.81. The number of halogens is 6. The number of ether oxygens (including phenoxy) is 1. The van der Waals surface area contributed by atoms with E-state index in [0.29, 0.717) is 5.06 Å². The highest BCUT2D eigenvalue weighted by Gasteiger charge is 2.58. The Kier molecular flexibility index (Phi) is 6.31. The molecule has 0 amide bonds. The number of alkyl halides is 5. The van der Waals surface area contributed by atoms with Gasteiger partial charge in [0.15, 0.2) is 16.4 Å². The van der Waals surface area contributed by atoms with Gasteiger partial charge >= 0.3 is 12.1 Å². The molecular weight excluding hydrogens is 433 g/mol. The fourth-order valence-corrected chi connectivity index (χ4v) is 4.12. The molecule has 0 unspecified atom stereocenters. The van der Waals surface area contributed by atoms with Gasteiger partial charge in [0.1, 0.15) is 5.76 Å². The second-order valence-corrected chi connectivity index (χ2v) is 8.37. The largest absolute Gasteiger partial charge is 0.485 e. The summed E-state index contributed by atoms with van der Waals surface area (Å²) >= 11 is 6.00. The lowest BCUT2D eigenvalue weighted by atomic mass is 10.0. The van der Waals surface area contributed by atoms with E-state index in [1.807, 2.05) is 0 Å². The summed E-state index contributed by atoms with van der Waals surface area (Å²) in [6.07, 6.45) is 0.174. The lowest BCUT2D eigenvalue weighted by molar-refractivity contribution is -0.293. The average molecular weight is 448 g/mol. The molecule has 2 aliphatic rings. The van der Waals surface area contributed by atoms with Gasteiger partial charge in [0.2, 0.25) is 0 Å². The summed E-state index contributed by atoms with van der Waals surface area (Å²) < 4.78 is 91.5. The molecule has 1 aliphatic heterocycles. The minimum atomic E-state index is -5.78. The summed E-state index contributed by atoms with van der Waals surface area (Å²) in [5.41, 5.74) is 0.105. The normalized spacial score (nSPS) is 21.3. The number of hydroxylamine groups is 2. The van der Waals surface area contributed by atoms with Crippen molar-refractivity contribution in [3.05, 3.63) is 57.5 Å². The van der Waals surface area contributed by atoms with Gasteiger partial charge in [-0.1, -0.05) is 24.6 Å². The first-order chi connectivity index (χ1) is 12.8. The first-order valence-electron chi connectivity index (χ1n) is 7.78. The van der Waals surface area contributed by atoms with Gasteiger partial charge in [-0.05, 0) is 24.6 Å². The van der Waals surface area contributed by atoms with Crippen molar-refractivity contribution < 1.29 is 40.3 Å². The summed E-state index contributed by atoms with van der Waals surface area (Å²) in [6, 6.07) is 0. The van der Waals surface area contributed by atoms with Gasteiger partial charge in [-0.3, -0.25) is 5.21 Å². The van der Waals surface area contributed by atoms with Crippen LogP contribution in [0.2, 0.25) is 0 Å². The van der Waals surface area contributed by atoms with E-state index in [9.17, 15) is 35.6 Å². The van der Waals surface area contributed by atoms with E-state index >= 15 is 0 Å². The number of hydrogen-bond acceptors (Lipinski definition) is 5. The zero-order chi connectivity index (χ0) is 21.3. The molecule has 0 bridgehead atoms. The quantitative estimate of drug-likeness (QED) is 0.633. The Hall–Kier alpha value is -1.85. The summed E-state index contributed by atoms with van der Waals surface area (Å²) in [5, 5.41) is 10.4. The lowest BCUT2D eigenvalue weighted by Gasteiger charge is -2.26. The lowest BCUT2D eigenvalue weighted by Crippen LogP contribution is -2.40. The third-order valence-corrected chi connectivity index (χ3v) is 6.09. The molecule has 2 rings (SSSR count). The summed E-state index contributed by atoms with van der Waals surface area (Å²) in [5.74, 6) is -5.81. The van der Waals surface area contributed by atoms with Gasteiger partial charge < -0.3 is 4.74 Å². The predicted octanol–water partition coefficient (Wildman–Crippen LogP) is 4.40. The highest BCUT2D eigenvalue weighted by atomic mass is 35.5. The second kappa shape index (κ2) is 7.88. The molecule has 1 N–H and O–H groups in total. The minimum absolute atomic E-state index is 0.0375. The standard InChI is InChI=1S/C16H15ClF5NO4S/c1-2-28(25,26)14-11(4-3-5-12(14)17)13-7-6-10(8-23(13)24)27-9-15(18,19)16(20,21)22/h3,5-8,24H,2,4,9H2,1H3. The third kappa shape index (κ3) is 4.58. The van der Waals surface area contributed by atoms with Crippen molar-refractivity contribution in [3.63, 3.8) is 0 Å². The maximum Gasteiger partial charge on any atom is 0.456 e. The Morgan fingerprint density at radius 1 is 1.21 bits per heavy atom. The Bertz CT molecular complexity index is 900. The second-order valence-electron chi connectivity index (χ2n) is 5.75. The van der Waals surface area contributed by atoms with E-state index in [-0.39, 0.29) is 33.4 Å². The van der Waals surface area contributed by atoms with Crippen LogP contribution < -0.4 is 0 Å². The molecule has 156 valence electrons. The van der Waals surface area contributed by atoms with Crippen LogP contribution in [-0.4, -0.2) is 43.1 Å². The zero-order valence-corrected chi connectivity index (χ0v) is 15.9. The van der Waals surface area contributed by atoms with Gasteiger partial charge in [-0.25, -0.2) is 13.5 Å². The van der Waals surface area contributed by atoms with Crippen LogP contribution in [0.25, 0.3) is 0 Å². The van der Waals surface area contributed by atoms with Crippen LogP contribution >= 0.6 is 11.6 Å². The predicted molar refractivity (Wildman–Crippen MR) is 90.9 cm³/mol. The molecule has 5 nitrogen and oxygen atoms in total. The van der Waals surface area contributed by atoms with Gasteiger partial charge in [-0.15, -0.1) is 0 Å². The van der Waals surface area contributed by atoms with E-state index < -0.39 is 34.3 Å². The maximum atomic E-state index is 12.9. The average Bonchev–Trinajstić information content (AvgIpc) is 2.58. The molecule has 0 radical (unpaired) electrons. The smallest absolute Gasteiger partial charge is 0.456 e. The number of sulfone groups is 1. The van der Waals surface area contributed by atoms with Crippen molar-refractivity contribution >= 4 is 21.4 Å². The molecule has 0 atom stereocenters. The van der Waals surface area contributed by atoms with E-state index in [0.717, 1.165) is 18.4 Å². The van der Waals surface area contributed by atoms with Crippen molar-refractivity contribution in [2.75, 3.05) is 12.4 Å². The molecule has 0 aromatic carbocycles. The number of hydrogen-bond donors (Lipinski definition) is 1. The van der Waals surface area contributed by atoms with Crippen LogP contribution in [0.15, 0.2) is 57.5 Å². The van der Waals surface area contributed by atoms with Gasteiger partial charge in [-0.2, -0.15) is 22.0 Å². The van der Waals surface area contributed by atoms with Gasteiger partial charge in [0.25, 0.3) is 0 Å². The van der Waals surface area contributed by atoms with Crippen LogP contribution in [0.1, 0.15) is 13.3 Å². The third-order valence-electron chi connectivity index (χ3n) is 3.81. The van der Waals surface area contributed by atoms with Crippen LogP contribution in [-0.2, 0) is 14.6 Å². The molecule has 12 heteroatoms. The first kappa shape index (κ1) is 22.4. The monoisotopic (exact) mass is 447 g/mol. The van der Waals surface area contributed by atoms with Crippen LogP contribution in [0.3, 0.4) is 0 Å². The van der Waals surface area contributed by atoms with Crippen molar-refractivity contribution in [1.82, 2.24) is 5.06 Å². The molecule has 0 saturated heterocycles. The van der Waals surface area contributed by atoms with Crippen LogP contribution in [0.5, 0.6) is 0 Å². The SMILES string of the molecule is CCS(=O)(=O)C1=C(Cl)C=CCC1=C1C=CC(OCC(F)(F)C(F)(F)F)=CN1O. The number of allylic oxidation sites excluding steroid dienone is 6. The Morgan fingerprint density at radius 3 is 2.39 bits per heavy atom. The number of rotatable bonds is 5.